The van der Waals surface area contributed by atoms with Gasteiger partial charge >= 0.3 is 5.97 Å². The summed E-state index contributed by atoms with van der Waals surface area (Å²) in [6.07, 6.45) is 0.880. The molecule has 1 N–H and O–H groups in total. The number of carbonyl (C=O) groups is 1. The number of hydrogen-bond donors (Lipinski definition) is 1. The molecule has 1 atom stereocenters. The molecule has 3 nitrogen and oxygen atoms in total. The number of carboxylic acids is 1. The van der Waals surface area contributed by atoms with Crippen molar-refractivity contribution in [2.45, 2.75) is 19.4 Å². The quantitative estimate of drug-likeness (QED) is 0.797. The molecule has 0 saturated heterocycles. The number of nitrogens with zero attached hydrogens (tertiary/aromatic N) is 1. The minimum atomic E-state index is -0.780. The molecular weight excluding hydrogens is 190 g/mol. The van der Waals surface area contributed by atoms with Crippen molar-refractivity contribution in [2.24, 2.45) is 0 Å². The molecule has 0 fully saturated rings. The molecule has 1 aromatic carbocycles. The van der Waals surface area contributed by atoms with E-state index in [0.717, 1.165) is 6.42 Å². The van der Waals surface area contributed by atoms with E-state index in [9.17, 15) is 4.79 Å². The lowest BCUT2D eigenvalue weighted by molar-refractivity contribution is -0.138. The van der Waals surface area contributed by atoms with Crippen LogP contribution in [0.4, 0.5) is 0 Å². The molecule has 82 valence electrons. The van der Waals surface area contributed by atoms with Crippen LogP contribution >= 0.6 is 0 Å². The van der Waals surface area contributed by atoms with Crippen LogP contribution in [0.25, 0.3) is 0 Å². The molecule has 0 spiro atoms. The van der Waals surface area contributed by atoms with Crippen LogP contribution in [-0.2, 0) is 11.2 Å². The first-order valence-electron chi connectivity index (χ1n) is 5.05. The van der Waals surface area contributed by atoms with Gasteiger partial charge in [-0.15, -0.1) is 0 Å². The van der Waals surface area contributed by atoms with Crippen LogP contribution < -0.4 is 0 Å². The van der Waals surface area contributed by atoms with E-state index in [1.54, 1.807) is 0 Å². The third-order valence-corrected chi connectivity index (χ3v) is 2.51. The summed E-state index contributed by atoms with van der Waals surface area (Å²) in [6.45, 7) is 2.13. The molecule has 3 heteroatoms. The number of aliphatic carboxylic acids is 1. The molecule has 0 aliphatic heterocycles. The highest BCUT2D eigenvalue weighted by Crippen LogP contribution is 2.06. The highest BCUT2D eigenvalue weighted by molar-refractivity contribution is 5.69. The summed E-state index contributed by atoms with van der Waals surface area (Å²) in [5, 5.41) is 8.66. The molecular formula is C12H17NO2. The minimum Gasteiger partial charge on any atom is -0.480 e. The number of hydrogen-bond acceptors (Lipinski definition) is 2. The fourth-order valence-corrected chi connectivity index (χ4v) is 1.48. The molecule has 0 aliphatic carbocycles. The second kappa shape index (κ2) is 5.51. The molecule has 0 aliphatic rings. The third-order valence-electron chi connectivity index (χ3n) is 2.51. The van der Waals surface area contributed by atoms with E-state index < -0.39 is 5.97 Å². The van der Waals surface area contributed by atoms with E-state index in [2.05, 4.69) is 12.1 Å². The van der Waals surface area contributed by atoms with Crippen LogP contribution in [0, 0.1) is 0 Å². The summed E-state index contributed by atoms with van der Waals surface area (Å²) in [4.78, 5) is 12.4. The maximum absolute atomic E-state index is 10.5. The molecule has 0 saturated carbocycles. The van der Waals surface area contributed by atoms with E-state index in [1.165, 1.54) is 5.56 Å². The first kappa shape index (κ1) is 11.7. The first-order chi connectivity index (χ1) is 7.09. The van der Waals surface area contributed by atoms with Crippen LogP contribution in [0.3, 0.4) is 0 Å². The molecule has 0 bridgehead atoms. The van der Waals surface area contributed by atoms with Gasteiger partial charge in [0.25, 0.3) is 0 Å². The van der Waals surface area contributed by atoms with Crippen molar-refractivity contribution in [2.75, 3.05) is 13.6 Å². The Morgan fingerprint density at radius 3 is 2.53 bits per heavy atom. The van der Waals surface area contributed by atoms with E-state index in [-0.39, 0.29) is 12.6 Å². The van der Waals surface area contributed by atoms with Gasteiger partial charge in [-0.3, -0.25) is 9.69 Å². The van der Waals surface area contributed by atoms with Gasteiger partial charge in [0.15, 0.2) is 0 Å². The Labute approximate surface area is 90.3 Å². The van der Waals surface area contributed by atoms with E-state index in [4.69, 9.17) is 5.11 Å². The van der Waals surface area contributed by atoms with Crippen molar-refractivity contribution >= 4 is 5.97 Å². The van der Waals surface area contributed by atoms with Gasteiger partial charge in [0.2, 0.25) is 0 Å². The summed E-state index contributed by atoms with van der Waals surface area (Å²) >= 11 is 0. The van der Waals surface area contributed by atoms with Gasteiger partial charge in [-0.25, -0.2) is 0 Å². The van der Waals surface area contributed by atoms with Crippen molar-refractivity contribution < 1.29 is 9.90 Å². The summed E-state index contributed by atoms with van der Waals surface area (Å²) in [7, 11) is 1.84. The zero-order valence-electron chi connectivity index (χ0n) is 9.18. The maximum atomic E-state index is 10.5. The van der Waals surface area contributed by atoms with Gasteiger partial charge in [-0.05, 0) is 26.0 Å². The van der Waals surface area contributed by atoms with E-state index >= 15 is 0 Å². The van der Waals surface area contributed by atoms with Crippen molar-refractivity contribution in [1.82, 2.24) is 4.90 Å². The lowest BCUT2D eigenvalue weighted by Gasteiger charge is -2.22. The average molecular weight is 207 g/mol. The predicted molar refractivity (Wildman–Crippen MR) is 59.9 cm³/mol. The van der Waals surface area contributed by atoms with Gasteiger partial charge in [-0.1, -0.05) is 30.3 Å². The minimum absolute atomic E-state index is 0.0913. The lowest BCUT2D eigenvalue weighted by Crippen LogP contribution is -2.35. The van der Waals surface area contributed by atoms with E-state index in [1.807, 2.05) is 37.1 Å². The standard InChI is InChI=1S/C12H17NO2/c1-10(13(2)9-12(14)15)8-11-6-4-3-5-7-11/h3-7,10H,8-9H2,1-2H3,(H,14,15)/t10-/m1/s1. The van der Waals surface area contributed by atoms with Crippen molar-refractivity contribution in [1.29, 1.82) is 0 Å². The largest absolute Gasteiger partial charge is 0.480 e. The third kappa shape index (κ3) is 4.13. The molecule has 1 rings (SSSR count). The Kier molecular flexibility index (Phi) is 4.31. The number of carboxylic acid groups (broad SMARTS) is 1. The van der Waals surface area contributed by atoms with Crippen LogP contribution in [0.5, 0.6) is 0 Å². The smallest absolute Gasteiger partial charge is 0.317 e. The number of benzene rings is 1. The number of likely N-dealkylation sites (N-methyl/N-ethyl adjacent to an activating group) is 1. The Morgan fingerprint density at radius 2 is 2.00 bits per heavy atom. The van der Waals surface area contributed by atoms with Crippen molar-refractivity contribution in [3.8, 4) is 0 Å². The summed E-state index contributed by atoms with van der Waals surface area (Å²) in [5.74, 6) is -0.780. The molecule has 15 heavy (non-hydrogen) atoms. The van der Waals surface area contributed by atoms with Gasteiger partial charge in [-0.2, -0.15) is 0 Å². The Balaban J connectivity index is 2.48. The molecule has 0 unspecified atom stereocenters. The van der Waals surface area contributed by atoms with E-state index in [0.29, 0.717) is 0 Å². The average Bonchev–Trinajstić information content (AvgIpc) is 2.18. The second-order valence-electron chi connectivity index (χ2n) is 3.85. The van der Waals surface area contributed by atoms with Crippen molar-refractivity contribution in [3.63, 3.8) is 0 Å². The molecule has 0 heterocycles. The Morgan fingerprint density at radius 1 is 1.40 bits per heavy atom. The normalized spacial score (nSPS) is 12.7. The summed E-state index contributed by atoms with van der Waals surface area (Å²) in [5.41, 5.74) is 1.24. The number of rotatable bonds is 5. The van der Waals surface area contributed by atoms with Crippen LogP contribution in [-0.4, -0.2) is 35.6 Å². The van der Waals surface area contributed by atoms with Gasteiger partial charge < -0.3 is 5.11 Å². The van der Waals surface area contributed by atoms with Crippen LogP contribution in [0.1, 0.15) is 12.5 Å². The highest BCUT2D eigenvalue weighted by Gasteiger charge is 2.12. The van der Waals surface area contributed by atoms with Crippen LogP contribution in [0.2, 0.25) is 0 Å². The van der Waals surface area contributed by atoms with Gasteiger partial charge in [0.1, 0.15) is 0 Å². The maximum Gasteiger partial charge on any atom is 0.317 e. The zero-order valence-corrected chi connectivity index (χ0v) is 9.18. The Bertz CT molecular complexity index is 311. The fraction of sp³-hybridized carbons (Fsp3) is 0.417. The topological polar surface area (TPSA) is 40.5 Å². The lowest BCUT2D eigenvalue weighted by atomic mass is 10.1. The first-order valence-corrected chi connectivity index (χ1v) is 5.05. The molecule has 0 aromatic heterocycles. The van der Waals surface area contributed by atoms with Crippen LogP contribution in [0.15, 0.2) is 30.3 Å². The SMILES string of the molecule is C[C@H](Cc1ccccc1)N(C)CC(=O)O. The fourth-order valence-electron chi connectivity index (χ4n) is 1.48. The zero-order chi connectivity index (χ0) is 11.3. The predicted octanol–water partition coefficient (Wildman–Crippen LogP) is 1.63. The second-order valence-corrected chi connectivity index (χ2v) is 3.85. The van der Waals surface area contributed by atoms with Gasteiger partial charge in [0, 0.05) is 6.04 Å². The molecule has 0 radical (unpaired) electrons. The molecule has 1 aromatic rings. The summed E-state index contributed by atoms with van der Waals surface area (Å²) < 4.78 is 0. The monoisotopic (exact) mass is 207 g/mol. The molecule has 0 amide bonds. The summed E-state index contributed by atoms with van der Waals surface area (Å²) in [6, 6.07) is 10.3. The van der Waals surface area contributed by atoms with Gasteiger partial charge in [0.05, 0.1) is 6.54 Å². The Hall–Kier alpha value is -1.35. The highest BCUT2D eigenvalue weighted by atomic mass is 16.4. The van der Waals surface area contributed by atoms with Crippen molar-refractivity contribution in [3.05, 3.63) is 35.9 Å².